The first kappa shape index (κ1) is 16.4. The number of rotatable bonds is 7. The van der Waals surface area contributed by atoms with Gasteiger partial charge in [0.25, 0.3) is 0 Å². The topological polar surface area (TPSA) is 49.4 Å². The molecule has 0 aromatic heterocycles. The molecule has 1 rings (SSSR count). The number of carbonyl (C=O) groups excluding carboxylic acids is 2. The molecule has 1 N–H and O–H groups in total. The molecule has 110 valence electrons. The molecule has 0 unspecified atom stereocenters. The molecule has 4 heteroatoms. The summed E-state index contributed by atoms with van der Waals surface area (Å²) in [5.41, 5.74) is 1.61. The van der Waals surface area contributed by atoms with Crippen LogP contribution in [0.5, 0.6) is 0 Å². The van der Waals surface area contributed by atoms with Crippen molar-refractivity contribution in [3.63, 3.8) is 0 Å². The summed E-state index contributed by atoms with van der Waals surface area (Å²) in [6.07, 6.45) is 6.61. The van der Waals surface area contributed by atoms with Gasteiger partial charge in [0.1, 0.15) is 0 Å². The minimum absolute atomic E-state index is 0.0965. The zero-order valence-electron chi connectivity index (χ0n) is 12.2. The third-order valence-corrected chi connectivity index (χ3v) is 2.66. The second-order valence-electron chi connectivity index (χ2n) is 4.46. The van der Waals surface area contributed by atoms with E-state index in [-0.39, 0.29) is 11.8 Å². The molecule has 0 spiro atoms. The Hall–Kier alpha value is -2.62. The molecule has 1 aromatic carbocycles. The van der Waals surface area contributed by atoms with Crippen LogP contribution in [0.2, 0.25) is 0 Å². The highest BCUT2D eigenvalue weighted by molar-refractivity contribution is 5.92. The first-order valence-corrected chi connectivity index (χ1v) is 6.63. The van der Waals surface area contributed by atoms with Gasteiger partial charge in [0.05, 0.1) is 0 Å². The summed E-state index contributed by atoms with van der Waals surface area (Å²) in [5.74, 6) is -0.210. The van der Waals surface area contributed by atoms with Crippen LogP contribution in [0.25, 0.3) is 6.08 Å². The molecular formula is C17H20N2O2. The lowest BCUT2D eigenvalue weighted by molar-refractivity contribution is -0.125. The number of hydrogen-bond donors (Lipinski definition) is 1. The fraction of sp³-hybridized carbons (Fsp3) is 0.176. The third-order valence-electron chi connectivity index (χ3n) is 2.66. The van der Waals surface area contributed by atoms with E-state index in [1.807, 2.05) is 12.1 Å². The Labute approximate surface area is 125 Å². The molecular weight excluding hydrogens is 264 g/mol. The van der Waals surface area contributed by atoms with Gasteiger partial charge < -0.3 is 10.2 Å². The van der Waals surface area contributed by atoms with Gasteiger partial charge in [-0.3, -0.25) is 9.59 Å². The maximum atomic E-state index is 12.0. The molecule has 0 bridgehead atoms. The Morgan fingerprint density at radius 3 is 2.19 bits per heavy atom. The van der Waals surface area contributed by atoms with E-state index in [1.54, 1.807) is 35.3 Å². The van der Waals surface area contributed by atoms with Crippen LogP contribution in [0.4, 0.5) is 5.69 Å². The maximum Gasteiger partial charge on any atom is 0.247 e. The smallest absolute Gasteiger partial charge is 0.247 e. The van der Waals surface area contributed by atoms with E-state index in [2.05, 4.69) is 18.5 Å². The Kier molecular flexibility index (Phi) is 6.68. The van der Waals surface area contributed by atoms with Gasteiger partial charge in [-0.1, -0.05) is 24.3 Å². The number of hydrogen-bond acceptors (Lipinski definition) is 2. The molecule has 0 aliphatic carbocycles. The van der Waals surface area contributed by atoms with Crippen LogP contribution < -0.4 is 5.32 Å². The van der Waals surface area contributed by atoms with E-state index in [4.69, 9.17) is 0 Å². The van der Waals surface area contributed by atoms with Crippen LogP contribution in [-0.2, 0) is 9.59 Å². The van der Waals surface area contributed by atoms with Crippen LogP contribution in [0, 0.1) is 0 Å². The van der Waals surface area contributed by atoms with Crippen molar-refractivity contribution >= 4 is 23.6 Å². The molecule has 0 aliphatic heterocycles. The van der Waals surface area contributed by atoms with Crippen molar-refractivity contribution in [1.82, 2.24) is 4.90 Å². The largest absolute Gasteiger partial charge is 0.332 e. The molecule has 0 heterocycles. The molecule has 4 nitrogen and oxygen atoms in total. The highest BCUT2D eigenvalue weighted by Crippen LogP contribution is 2.11. The van der Waals surface area contributed by atoms with Gasteiger partial charge in [-0.2, -0.15) is 0 Å². The molecule has 21 heavy (non-hydrogen) atoms. The quantitative estimate of drug-likeness (QED) is 0.618. The van der Waals surface area contributed by atoms with Gasteiger partial charge in [0.15, 0.2) is 0 Å². The van der Waals surface area contributed by atoms with Crippen molar-refractivity contribution in [2.24, 2.45) is 0 Å². The minimum atomic E-state index is -0.113. The second kappa shape index (κ2) is 8.53. The number of amides is 2. The van der Waals surface area contributed by atoms with Gasteiger partial charge in [0, 0.05) is 31.8 Å². The van der Waals surface area contributed by atoms with Crippen LogP contribution in [0.1, 0.15) is 12.5 Å². The van der Waals surface area contributed by atoms with Gasteiger partial charge in [-0.15, -0.1) is 13.2 Å². The Balaban J connectivity index is 2.70. The monoisotopic (exact) mass is 284 g/mol. The number of nitrogens with zero attached hydrogens (tertiary/aromatic N) is 1. The summed E-state index contributed by atoms with van der Waals surface area (Å²) in [6, 6.07) is 7.24. The van der Waals surface area contributed by atoms with Crippen molar-refractivity contribution in [3.05, 3.63) is 61.2 Å². The summed E-state index contributed by atoms with van der Waals surface area (Å²) in [4.78, 5) is 24.5. The maximum absolute atomic E-state index is 12.0. The standard InChI is InChI=1S/C17H20N2O2/c1-4-12-19(13-5-2)17(21)11-8-15-6-9-16(10-7-15)18-14(3)20/h4-11H,1-2,12-13H2,3H3,(H,18,20)/b11-8+. The lowest BCUT2D eigenvalue weighted by Gasteiger charge is -2.16. The Morgan fingerprint density at radius 2 is 1.71 bits per heavy atom. The third kappa shape index (κ3) is 5.91. The summed E-state index contributed by atoms with van der Waals surface area (Å²) in [6.45, 7) is 9.68. The summed E-state index contributed by atoms with van der Waals surface area (Å²) < 4.78 is 0. The number of benzene rings is 1. The molecule has 1 aromatic rings. The predicted octanol–water partition coefficient (Wildman–Crippen LogP) is 2.86. The van der Waals surface area contributed by atoms with E-state index >= 15 is 0 Å². The lowest BCUT2D eigenvalue weighted by Crippen LogP contribution is -2.29. The number of anilines is 1. The van der Waals surface area contributed by atoms with Gasteiger partial charge in [-0.25, -0.2) is 0 Å². The van der Waals surface area contributed by atoms with Crippen molar-refractivity contribution in [3.8, 4) is 0 Å². The molecule has 0 aliphatic rings. The minimum Gasteiger partial charge on any atom is -0.332 e. The van der Waals surface area contributed by atoms with E-state index in [0.717, 1.165) is 11.3 Å². The van der Waals surface area contributed by atoms with Crippen LogP contribution >= 0.6 is 0 Å². The molecule has 0 atom stereocenters. The molecule has 0 saturated heterocycles. The summed E-state index contributed by atoms with van der Waals surface area (Å²) in [7, 11) is 0. The van der Waals surface area contributed by atoms with Gasteiger partial charge >= 0.3 is 0 Å². The predicted molar refractivity (Wildman–Crippen MR) is 86.8 cm³/mol. The van der Waals surface area contributed by atoms with E-state index in [0.29, 0.717) is 13.1 Å². The van der Waals surface area contributed by atoms with Crippen LogP contribution in [0.15, 0.2) is 55.7 Å². The zero-order valence-corrected chi connectivity index (χ0v) is 12.2. The van der Waals surface area contributed by atoms with Crippen molar-refractivity contribution < 1.29 is 9.59 Å². The highest BCUT2D eigenvalue weighted by Gasteiger charge is 2.06. The average molecular weight is 284 g/mol. The van der Waals surface area contributed by atoms with Crippen molar-refractivity contribution in [2.45, 2.75) is 6.92 Å². The van der Waals surface area contributed by atoms with Crippen LogP contribution in [0.3, 0.4) is 0 Å². The first-order chi connectivity index (χ1) is 10.1. The average Bonchev–Trinajstić information content (AvgIpc) is 2.45. The van der Waals surface area contributed by atoms with Crippen molar-refractivity contribution in [2.75, 3.05) is 18.4 Å². The van der Waals surface area contributed by atoms with E-state index in [1.165, 1.54) is 13.0 Å². The second-order valence-corrected chi connectivity index (χ2v) is 4.46. The van der Waals surface area contributed by atoms with Crippen molar-refractivity contribution in [1.29, 1.82) is 0 Å². The normalized spacial score (nSPS) is 10.1. The number of carbonyl (C=O) groups is 2. The molecule has 0 fully saturated rings. The Bertz CT molecular complexity index is 534. The first-order valence-electron chi connectivity index (χ1n) is 6.63. The molecule has 0 radical (unpaired) electrons. The lowest BCUT2D eigenvalue weighted by atomic mass is 10.2. The highest BCUT2D eigenvalue weighted by atomic mass is 16.2. The SMILES string of the molecule is C=CCN(CC=C)C(=O)/C=C/c1ccc(NC(C)=O)cc1. The summed E-state index contributed by atoms with van der Waals surface area (Å²) >= 11 is 0. The fourth-order valence-corrected chi connectivity index (χ4v) is 1.72. The van der Waals surface area contributed by atoms with E-state index < -0.39 is 0 Å². The van der Waals surface area contributed by atoms with Crippen LogP contribution in [-0.4, -0.2) is 29.8 Å². The molecule has 2 amide bonds. The van der Waals surface area contributed by atoms with E-state index in [9.17, 15) is 9.59 Å². The zero-order chi connectivity index (χ0) is 15.7. The number of nitrogens with one attached hydrogen (secondary N) is 1. The fourth-order valence-electron chi connectivity index (χ4n) is 1.72. The Morgan fingerprint density at radius 1 is 1.14 bits per heavy atom. The van der Waals surface area contributed by atoms with Gasteiger partial charge in [-0.05, 0) is 23.8 Å². The summed E-state index contributed by atoms with van der Waals surface area (Å²) in [5, 5.41) is 2.69. The molecule has 0 saturated carbocycles. The van der Waals surface area contributed by atoms with Gasteiger partial charge in [0.2, 0.25) is 11.8 Å².